The third-order valence-corrected chi connectivity index (χ3v) is 3.06. The molecule has 0 aliphatic carbocycles. The minimum Gasteiger partial charge on any atom is -0.480 e. The number of hydrogen-bond donors (Lipinski definition) is 2. The first-order valence-electron chi connectivity index (χ1n) is 5.62. The number of carbonyl (C=O) groups is 2. The lowest BCUT2D eigenvalue weighted by Gasteiger charge is -2.18. The number of carboxylic acid groups (broad SMARTS) is 1. The van der Waals surface area contributed by atoms with E-state index in [-0.39, 0.29) is 5.92 Å². The second-order valence-electron chi connectivity index (χ2n) is 4.50. The second-order valence-corrected chi connectivity index (χ2v) is 4.90. The minimum absolute atomic E-state index is 0.188. The van der Waals surface area contributed by atoms with Crippen LogP contribution in [-0.2, 0) is 4.79 Å². The Morgan fingerprint density at radius 3 is 2.39 bits per heavy atom. The van der Waals surface area contributed by atoms with Crippen LogP contribution in [0.3, 0.4) is 0 Å². The van der Waals surface area contributed by atoms with Crippen molar-refractivity contribution in [2.45, 2.75) is 26.8 Å². The van der Waals surface area contributed by atoms with Gasteiger partial charge in [0.1, 0.15) is 6.04 Å². The Morgan fingerprint density at radius 2 is 1.94 bits per heavy atom. The first-order chi connectivity index (χ1) is 8.32. The van der Waals surface area contributed by atoms with Crippen LogP contribution in [0.15, 0.2) is 18.2 Å². The first-order valence-corrected chi connectivity index (χ1v) is 6.00. The maximum atomic E-state index is 11.9. The summed E-state index contributed by atoms with van der Waals surface area (Å²) in [5.74, 6) is -1.66. The molecule has 0 saturated carbocycles. The fourth-order valence-electron chi connectivity index (χ4n) is 1.47. The van der Waals surface area contributed by atoms with Crippen LogP contribution in [0.25, 0.3) is 0 Å². The predicted octanol–water partition coefficient (Wildman–Crippen LogP) is 2.49. The van der Waals surface area contributed by atoms with Crippen molar-refractivity contribution in [2.75, 3.05) is 0 Å². The molecule has 1 atom stereocenters. The standard InChI is InChI=1S/C13H16ClNO3/c1-7(2)11(13(17)18)15-12(16)9-5-4-8(3)10(14)6-9/h4-7,11H,1-3H3,(H,15,16)(H,17,18)/t11-/m1/s1. The Hall–Kier alpha value is -1.55. The van der Waals surface area contributed by atoms with Crippen LogP contribution in [0.2, 0.25) is 5.02 Å². The number of benzene rings is 1. The van der Waals surface area contributed by atoms with E-state index in [0.29, 0.717) is 10.6 Å². The van der Waals surface area contributed by atoms with Gasteiger partial charge in [0.25, 0.3) is 5.91 Å². The van der Waals surface area contributed by atoms with Crippen molar-refractivity contribution in [1.82, 2.24) is 5.32 Å². The molecule has 0 fully saturated rings. The van der Waals surface area contributed by atoms with Gasteiger partial charge in [-0.3, -0.25) is 4.79 Å². The van der Waals surface area contributed by atoms with Gasteiger partial charge in [0.05, 0.1) is 0 Å². The Labute approximate surface area is 111 Å². The predicted molar refractivity (Wildman–Crippen MR) is 69.9 cm³/mol. The molecule has 0 radical (unpaired) electrons. The molecule has 0 heterocycles. The highest BCUT2D eigenvalue weighted by Crippen LogP contribution is 2.17. The van der Waals surface area contributed by atoms with Crippen LogP contribution >= 0.6 is 11.6 Å². The van der Waals surface area contributed by atoms with Crippen molar-refractivity contribution in [2.24, 2.45) is 5.92 Å². The van der Waals surface area contributed by atoms with Crippen LogP contribution in [-0.4, -0.2) is 23.0 Å². The lowest BCUT2D eigenvalue weighted by atomic mass is 10.0. The molecule has 5 heteroatoms. The summed E-state index contributed by atoms with van der Waals surface area (Å²) in [6, 6.07) is 3.97. The monoisotopic (exact) mass is 269 g/mol. The molecule has 18 heavy (non-hydrogen) atoms. The van der Waals surface area contributed by atoms with E-state index in [1.807, 2.05) is 6.92 Å². The summed E-state index contributed by atoms with van der Waals surface area (Å²) in [6.07, 6.45) is 0. The smallest absolute Gasteiger partial charge is 0.326 e. The van der Waals surface area contributed by atoms with E-state index >= 15 is 0 Å². The third kappa shape index (κ3) is 3.47. The molecule has 0 bridgehead atoms. The molecule has 0 spiro atoms. The van der Waals surface area contributed by atoms with E-state index in [1.54, 1.807) is 26.0 Å². The normalized spacial score (nSPS) is 12.3. The van der Waals surface area contributed by atoms with Gasteiger partial charge in [-0.2, -0.15) is 0 Å². The Morgan fingerprint density at radius 1 is 1.33 bits per heavy atom. The Kier molecular flexibility index (Phi) is 4.73. The van der Waals surface area contributed by atoms with Crippen LogP contribution in [0.4, 0.5) is 0 Å². The van der Waals surface area contributed by atoms with Crippen LogP contribution in [0.5, 0.6) is 0 Å². The Bertz CT molecular complexity index is 471. The van der Waals surface area contributed by atoms with Gasteiger partial charge in [-0.25, -0.2) is 4.79 Å². The zero-order valence-corrected chi connectivity index (χ0v) is 11.3. The van der Waals surface area contributed by atoms with Gasteiger partial charge in [0, 0.05) is 10.6 Å². The van der Waals surface area contributed by atoms with Crippen molar-refractivity contribution in [3.63, 3.8) is 0 Å². The van der Waals surface area contributed by atoms with E-state index in [1.165, 1.54) is 6.07 Å². The number of rotatable bonds is 4. The van der Waals surface area contributed by atoms with Gasteiger partial charge >= 0.3 is 5.97 Å². The number of aryl methyl sites for hydroxylation is 1. The number of nitrogens with one attached hydrogen (secondary N) is 1. The maximum absolute atomic E-state index is 11.9. The number of aliphatic carboxylic acids is 1. The number of hydrogen-bond acceptors (Lipinski definition) is 2. The molecule has 0 saturated heterocycles. The molecule has 0 aliphatic heterocycles. The topological polar surface area (TPSA) is 66.4 Å². The highest BCUT2D eigenvalue weighted by atomic mass is 35.5. The third-order valence-electron chi connectivity index (χ3n) is 2.65. The quantitative estimate of drug-likeness (QED) is 0.882. The van der Waals surface area contributed by atoms with Crippen LogP contribution in [0.1, 0.15) is 29.8 Å². The van der Waals surface area contributed by atoms with Gasteiger partial charge in [0.15, 0.2) is 0 Å². The van der Waals surface area contributed by atoms with Crippen molar-refractivity contribution < 1.29 is 14.7 Å². The zero-order valence-electron chi connectivity index (χ0n) is 10.5. The summed E-state index contributed by atoms with van der Waals surface area (Å²) >= 11 is 5.92. The summed E-state index contributed by atoms with van der Waals surface area (Å²) in [7, 11) is 0. The van der Waals surface area contributed by atoms with E-state index in [0.717, 1.165) is 5.56 Å². The number of halogens is 1. The van der Waals surface area contributed by atoms with E-state index in [2.05, 4.69) is 5.32 Å². The summed E-state index contributed by atoms with van der Waals surface area (Å²) in [5, 5.41) is 12.0. The molecule has 1 aromatic carbocycles. The number of carboxylic acids is 1. The van der Waals surface area contributed by atoms with E-state index < -0.39 is 17.9 Å². The summed E-state index contributed by atoms with van der Waals surface area (Å²) in [5.41, 5.74) is 1.23. The van der Waals surface area contributed by atoms with Gasteiger partial charge in [0.2, 0.25) is 0 Å². The van der Waals surface area contributed by atoms with Gasteiger partial charge < -0.3 is 10.4 Å². The van der Waals surface area contributed by atoms with Crippen molar-refractivity contribution in [3.05, 3.63) is 34.3 Å². The van der Waals surface area contributed by atoms with Gasteiger partial charge in [-0.1, -0.05) is 31.5 Å². The average Bonchev–Trinajstić information content (AvgIpc) is 2.28. The minimum atomic E-state index is -1.04. The number of amides is 1. The molecule has 98 valence electrons. The van der Waals surface area contributed by atoms with Crippen molar-refractivity contribution in [1.29, 1.82) is 0 Å². The molecule has 1 aromatic rings. The molecule has 2 N–H and O–H groups in total. The molecule has 1 amide bonds. The highest BCUT2D eigenvalue weighted by molar-refractivity contribution is 6.31. The summed E-state index contributed by atoms with van der Waals surface area (Å²) in [6.45, 7) is 5.31. The molecule has 0 aromatic heterocycles. The second kappa shape index (κ2) is 5.87. The largest absolute Gasteiger partial charge is 0.480 e. The number of carbonyl (C=O) groups excluding carboxylic acids is 1. The Balaban J connectivity index is 2.87. The van der Waals surface area contributed by atoms with Gasteiger partial charge in [-0.05, 0) is 30.5 Å². The molecular weight excluding hydrogens is 254 g/mol. The molecule has 0 unspecified atom stereocenters. The summed E-state index contributed by atoms with van der Waals surface area (Å²) in [4.78, 5) is 22.9. The lowest BCUT2D eigenvalue weighted by Crippen LogP contribution is -2.44. The van der Waals surface area contributed by atoms with Crippen LogP contribution in [0, 0.1) is 12.8 Å². The maximum Gasteiger partial charge on any atom is 0.326 e. The SMILES string of the molecule is Cc1ccc(C(=O)N[C@@H](C(=O)O)C(C)C)cc1Cl. The van der Waals surface area contributed by atoms with Crippen LogP contribution < -0.4 is 5.32 Å². The van der Waals surface area contributed by atoms with E-state index in [4.69, 9.17) is 16.7 Å². The molecular formula is C13H16ClNO3. The first kappa shape index (κ1) is 14.5. The van der Waals surface area contributed by atoms with Crippen molar-refractivity contribution >= 4 is 23.5 Å². The average molecular weight is 270 g/mol. The highest BCUT2D eigenvalue weighted by Gasteiger charge is 2.23. The summed E-state index contributed by atoms with van der Waals surface area (Å²) < 4.78 is 0. The fraction of sp³-hybridized carbons (Fsp3) is 0.385. The fourth-order valence-corrected chi connectivity index (χ4v) is 1.65. The van der Waals surface area contributed by atoms with Crippen molar-refractivity contribution in [3.8, 4) is 0 Å². The van der Waals surface area contributed by atoms with Gasteiger partial charge in [-0.15, -0.1) is 0 Å². The van der Waals surface area contributed by atoms with E-state index in [9.17, 15) is 9.59 Å². The molecule has 0 aliphatic rings. The lowest BCUT2D eigenvalue weighted by molar-refractivity contribution is -0.140. The molecule has 4 nitrogen and oxygen atoms in total. The molecule has 1 rings (SSSR count). The zero-order chi connectivity index (χ0) is 13.9.